The third kappa shape index (κ3) is 4.16. The van der Waals surface area contributed by atoms with E-state index in [-0.39, 0.29) is 12.6 Å². The van der Waals surface area contributed by atoms with Crippen molar-refractivity contribution >= 4 is 17.3 Å². The van der Waals surface area contributed by atoms with Gasteiger partial charge in [0.05, 0.1) is 12.2 Å². The van der Waals surface area contributed by atoms with Gasteiger partial charge in [-0.25, -0.2) is 4.79 Å². The minimum atomic E-state index is -0.914. The van der Waals surface area contributed by atoms with Crippen LogP contribution in [0.15, 0.2) is 41.1 Å². The smallest absolute Gasteiger partial charge is 0.336 e. The highest BCUT2D eigenvalue weighted by Gasteiger charge is 2.19. The van der Waals surface area contributed by atoms with E-state index in [0.717, 1.165) is 12.0 Å². The van der Waals surface area contributed by atoms with Crippen LogP contribution in [0, 0.1) is 0 Å². The maximum atomic E-state index is 11.4. The molecular formula is C17H21NO3S. The van der Waals surface area contributed by atoms with Crippen LogP contribution in [0.1, 0.15) is 34.8 Å². The molecule has 2 aromatic rings. The first kappa shape index (κ1) is 16.7. The number of aromatic carboxylic acids is 1. The maximum Gasteiger partial charge on any atom is 0.336 e. The first-order chi connectivity index (χ1) is 10.7. The van der Waals surface area contributed by atoms with Crippen molar-refractivity contribution in [1.29, 1.82) is 0 Å². The molecule has 1 aromatic carbocycles. The number of aliphatic hydroxyl groups excluding tert-OH is 1. The van der Waals surface area contributed by atoms with Crippen molar-refractivity contribution in [2.75, 3.05) is 6.61 Å². The lowest BCUT2D eigenvalue weighted by molar-refractivity contribution is 0.0691. The van der Waals surface area contributed by atoms with Crippen molar-refractivity contribution in [2.24, 2.45) is 0 Å². The molecule has 1 aromatic heterocycles. The van der Waals surface area contributed by atoms with Gasteiger partial charge in [-0.3, -0.25) is 4.90 Å². The van der Waals surface area contributed by atoms with Crippen molar-refractivity contribution in [1.82, 2.24) is 4.90 Å². The summed E-state index contributed by atoms with van der Waals surface area (Å²) >= 11 is 1.64. The topological polar surface area (TPSA) is 60.8 Å². The quantitative estimate of drug-likeness (QED) is 0.784. The number of aliphatic hydroxyl groups is 1. The van der Waals surface area contributed by atoms with Gasteiger partial charge in [0.25, 0.3) is 0 Å². The summed E-state index contributed by atoms with van der Waals surface area (Å²) in [6.07, 6.45) is 0.815. The second kappa shape index (κ2) is 8.08. The fourth-order valence-corrected chi connectivity index (χ4v) is 3.18. The minimum absolute atomic E-state index is 0.0155. The van der Waals surface area contributed by atoms with Crippen molar-refractivity contribution in [2.45, 2.75) is 32.5 Å². The molecule has 4 nitrogen and oxygen atoms in total. The third-order valence-corrected chi connectivity index (χ3v) is 4.52. The summed E-state index contributed by atoms with van der Waals surface area (Å²) < 4.78 is 0. The number of carbonyl (C=O) groups is 1. The zero-order valence-corrected chi connectivity index (χ0v) is 13.4. The van der Waals surface area contributed by atoms with Gasteiger partial charge in [-0.15, -0.1) is 0 Å². The second-order valence-electron chi connectivity index (χ2n) is 5.24. The van der Waals surface area contributed by atoms with Crippen molar-refractivity contribution in [3.8, 4) is 0 Å². The van der Waals surface area contributed by atoms with Crippen LogP contribution in [-0.2, 0) is 13.1 Å². The van der Waals surface area contributed by atoms with E-state index in [2.05, 4.69) is 16.3 Å². The lowest BCUT2D eigenvalue weighted by Gasteiger charge is -2.30. The average Bonchev–Trinajstić information content (AvgIpc) is 3.01. The Balaban J connectivity index is 2.24. The van der Waals surface area contributed by atoms with Crippen LogP contribution in [0.25, 0.3) is 0 Å². The number of rotatable bonds is 8. The van der Waals surface area contributed by atoms with E-state index in [4.69, 9.17) is 0 Å². The molecule has 22 heavy (non-hydrogen) atoms. The summed E-state index contributed by atoms with van der Waals surface area (Å²) in [5.41, 5.74) is 2.28. The Kier molecular flexibility index (Phi) is 6.12. The number of thiophene rings is 1. The molecule has 0 aliphatic heterocycles. The highest BCUT2D eigenvalue weighted by atomic mass is 32.1. The monoisotopic (exact) mass is 319 g/mol. The molecule has 5 heteroatoms. The first-order valence-electron chi connectivity index (χ1n) is 7.32. The van der Waals surface area contributed by atoms with Crippen LogP contribution in [0.4, 0.5) is 0 Å². The van der Waals surface area contributed by atoms with Crippen LogP contribution >= 0.6 is 11.3 Å². The molecule has 0 spiro atoms. The van der Waals surface area contributed by atoms with Crippen molar-refractivity contribution < 1.29 is 15.0 Å². The Morgan fingerprint density at radius 3 is 2.64 bits per heavy atom. The summed E-state index contributed by atoms with van der Waals surface area (Å²) in [5, 5.41) is 23.1. The molecule has 118 valence electrons. The summed E-state index contributed by atoms with van der Waals surface area (Å²) in [6.45, 7) is 3.31. The molecule has 0 fully saturated rings. The van der Waals surface area contributed by atoms with E-state index in [1.807, 2.05) is 24.4 Å². The summed E-state index contributed by atoms with van der Waals surface area (Å²) in [7, 11) is 0. The maximum absolute atomic E-state index is 11.4. The molecule has 1 heterocycles. The predicted octanol–water partition coefficient (Wildman–Crippen LogP) is 3.22. The largest absolute Gasteiger partial charge is 0.478 e. The molecule has 1 atom stereocenters. The van der Waals surface area contributed by atoms with Gasteiger partial charge in [-0.05, 0) is 40.4 Å². The standard InChI is InChI=1S/C17H21NO3S/c1-2-15(11-19)18(9-13-7-8-22-12-13)10-14-5-3-4-6-16(14)17(20)21/h3-8,12,15,19H,2,9-11H2,1H3,(H,20,21)/t15-/m0/s1. The number of carboxylic acid groups (broad SMARTS) is 1. The van der Waals surface area contributed by atoms with Crippen molar-refractivity contribution in [3.05, 3.63) is 57.8 Å². The fraction of sp³-hybridized carbons (Fsp3) is 0.353. The Labute approximate surface area is 134 Å². The molecule has 0 aliphatic rings. The minimum Gasteiger partial charge on any atom is -0.478 e. The summed E-state index contributed by atoms with van der Waals surface area (Å²) in [4.78, 5) is 13.5. The van der Waals surface area contributed by atoms with E-state index in [0.29, 0.717) is 18.7 Å². The van der Waals surface area contributed by atoms with Gasteiger partial charge in [-0.2, -0.15) is 11.3 Å². The molecule has 0 saturated carbocycles. The molecule has 0 aliphatic carbocycles. The Bertz CT molecular complexity index is 594. The van der Waals surface area contributed by atoms with Gasteiger partial charge < -0.3 is 10.2 Å². The molecular weight excluding hydrogens is 298 g/mol. The number of benzene rings is 1. The Hall–Kier alpha value is -1.69. The second-order valence-corrected chi connectivity index (χ2v) is 6.02. The van der Waals surface area contributed by atoms with Gasteiger partial charge in [-0.1, -0.05) is 25.1 Å². The van der Waals surface area contributed by atoms with Crippen LogP contribution in [0.5, 0.6) is 0 Å². The SMILES string of the molecule is CC[C@@H](CO)N(Cc1ccsc1)Cc1ccccc1C(=O)O. The van der Waals surface area contributed by atoms with Gasteiger partial charge in [0.2, 0.25) is 0 Å². The average molecular weight is 319 g/mol. The van der Waals surface area contributed by atoms with E-state index >= 15 is 0 Å². The molecule has 0 radical (unpaired) electrons. The zero-order chi connectivity index (χ0) is 15.9. The molecule has 0 amide bonds. The predicted molar refractivity (Wildman–Crippen MR) is 88.1 cm³/mol. The lowest BCUT2D eigenvalue weighted by Crippen LogP contribution is -2.36. The number of hydrogen-bond acceptors (Lipinski definition) is 4. The Morgan fingerprint density at radius 2 is 2.05 bits per heavy atom. The highest BCUT2D eigenvalue weighted by molar-refractivity contribution is 7.07. The summed E-state index contributed by atoms with van der Waals surface area (Å²) in [5.74, 6) is -0.914. The van der Waals surface area contributed by atoms with E-state index in [1.54, 1.807) is 23.5 Å². The van der Waals surface area contributed by atoms with Gasteiger partial charge >= 0.3 is 5.97 Å². The van der Waals surface area contributed by atoms with E-state index in [1.165, 1.54) is 5.56 Å². The molecule has 2 N–H and O–H groups in total. The zero-order valence-electron chi connectivity index (χ0n) is 12.6. The molecule has 0 bridgehead atoms. The number of hydrogen-bond donors (Lipinski definition) is 2. The Morgan fingerprint density at radius 1 is 1.27 bits per heavy atom. The molecule has 2 rings (SSSR count). The normalized spacial score (nSPS) is 12.5. The lowest BCUT2D eigenvalue weighted by atomic mass is 10.1. The van der Waals surface area contributed by atoms with Gasteiger partial charge in [0.15, 0.2) is 0 Å². The first-order valence-corrected chi connectivity index (χ1v) is 8.27. The van der Waals surface area contributed by atoms with Crippen LogP contribution < -0.4 is 0 Å². The fourth-order valence-electron chi connectivity index (χ4n) is 2.52. The van der Waals surface area contributed by atoms with Crippen LogP contribution in [0.2, 0.25) is 0 Å². The third-order valence-electron chi connectivity index (χ3n) is 3.79. The molecule has 0 saturated heterocycles. The van der Waals surface area contributed by atoms with Crippen LogP contribution in [0.3, 0.4) is 0 Å². The van der Waals surface area contributed by atoms with Gasteiger partial charge in [0, 0.05) is 19.1 Å². The number of nitrogens with zero attached hydrogens (tertiary/aromatic N) is 1. The molecule has 0 unspecified atom stereocenters. The number of carboxylic acids is 1. The van der Waals surface area contributed by atoms with Crippen molar-refractivity contribution in [3.63, 3.8) is 0 Å². The summed E-state index contributed by atoms with van der Waals surface area (Å²) in [6, 6.07) is 9.13. The highest BCUT2D eigenvalue weighted by Crippen LogP contribution is 2.19. The van der Waals surface area contributed by atoms with Crippen LogP contribution in [-0.4, -0.2) is 33.7 Å². The van der Waals surface area contributed by atoms with Gasteiger partial charge in [0.1, 0.15) is 0 Å². The van der Waals surface area contributed by atoms with E-state index < -0.39 is 5.97 Å². The van der Waals surface area contributed by atoms with E-state index in [9.17, 15) is 15.0 Å².